The van der Waals surface area contributed by atoms with E-state index in [9.17, 15) is 14.9 Å². The summed E-state index contributed by atoms with van der Waals surface area (Å²) < 4.78 is 16.1. The highest BCUT2D eigenvalue weighted by atomic mass is 16.6. The smallest absolute Gasteiger partial charge is 0.284 e. The molecule has 1 aliphatic rings. The van der Waals surface area contributed by atoms with Gasteiger partial charge in [0.15, 0.2) is 5.78 Å². The monoisotopic (exact) mass is 434 g/mol. The molecule has 8 heteroatoms. The van der Waals surface area contributed by atoms with Crippen LogP contribution in [0.4, 0.5) is 11.4 Å². The van der Waals surface area contributed by atoms with Gasteiger partial charge in [0.2, 0.25) is 0 Å². The summed E-state index contributed by atoms with van der Waals surface area (Å²) in [5.74, 6) is 0.981. The minimum atomic E-state index is -0.486. The van der Waals surface area contributed by atoms with Crippen molar-refractivity contribution in [1.29, 1.82) is 0 Å². The first-order chi connectivity index (χ1) is 15.5. The van der Waals surface area contributed by atoms with Crippen molar-refractivity contribution in [3.8, 4) is 17.1 Å². The van der Waals surface area contributed by atoms with Gasteiger partial charge < -0.3 is 18.8 Å². The number of hydrogen-bond donors (Lipinski definition) is 0. The summed E-state index contributed by atoms with van der Waals surface area (Å²) in [6.45, 7) is 3.07. The molecule has 1 fully saturated rings. The number of nitrogens with zero attached hydrogens (tertiary/aromatic N) is 2. The molecule has 0 spiro atoms. The normalized spacial score (nSPS) is 14.0. The lowest BCUT2D eigenvalue weighted by molar-refractivity contribution is -0.384. The van der Waals surface area contributed by atoms with Gasteiger partial charge in [0, 0.05) is 24.3 Å². The number of carbonyl (C=O) groups excluding carboxylic acids is 1. The van der Waals surface area contributed by atoms with Crippen LogP contribution < -0.4 is 9.64 Å². The Morgan fingerprint density at radius 1 is 1.09 bits per heavy atom. The van der Waals surface area contributed by atoms with Gasteiger partial charge in [0.1, 0.15) is 17.3 Å². The Kier molecular flexibility index (Phi) is 6.32. The molecule has 0 amide bonds. The van der Waals surface area contributed by atoms with Crippen LogP contribution >= 0.6 is 0 Å². The van der Waals surface area contributed by atoms with Crippen molar-refractivity contribution in [2.45, 2.75) is 0 Å². The Morgan fingerprint density at radius 2 is 1.84 bits per heavy atom. The molecule has 3 aromatic rings. The van der Waals surface area contributed by atoms with Gasteiger partial charge in [0.05, 0.1) is 36.9 Å². The fourth-order valence-corrected chi connectivity index (χ4v) is 3.50. The molecule has 2 aromatic carbocycles. The van der Waals surface area contributed by atoms with Crippen molar-refractivity contribution >= 4 is 23.2 Å². The number of ether oxygens (including phenoxy) is 2. The van der Waals surface area contributed by atoms with Crippen LogP contribution in [0.5, 0.6) is 5.75 Å². The molecule has 164 valence electrons. The largest absolute Gasteiger partial charge is 0.497 e. The molecule has 1 aliphatic heterocycles. The molecule has 1 aromatic heterocycles. The second kappa shape index (κ2) is 9.49. The first-order valence-electron chi connectivity index (χ1n) is 10.1. The Bertz CT molecular complexity index is 1140. The lowest BCUT2D eigenvalue weighted by Gasteiger charge is -2.28. The van der Waals surface area contributed by atoms with E-state index in [0.717, 1.165) is 18.8 Å². The van der Waals surface area contributed by atoms with Crippen LogP contribution in [0.15, 0.2) is 65.1 Å². The summed E-state index contributed by atoms with van der Waals surface area (Å²) in [6, 6.07) is 15.3. The maximum absolute atomic E-state index is 12.5. The second-order valence-corrected chi connectivity index (χ2v) is 7.19. The first kappa shape index (κ1) is 21.3. The van der Waals surface area contributed by atoms with E-state index < -0.39 is 4.92 Å². The van der Waals surface area contributed by atoms with Crippen molar-refractivity contribution in [3.63, 3.8) is 0 Å². The number of anilines is 1. The molecule has 0 N–H and O–H groups in total. The van der Waals surface area contributed by atoms with Gasteiger partial charge in [-0.15, -0.1) is 0 Å². The maximum atomic E-state index is 12.5. The van der Waals surface area contributed by atoms with Gasteiger partial charge in [0.25, 0.3) is 5.69 Å². The molecule has 2 heterocycles. The average Bonchev–Trinajstić information content (AvgIpc) is 3.31. The van der Waals surface area contributed by atoms with E-state index in [0.29, 0.717) is 41.6 Å². The zero-order valence-electron chi connectivity index (χ0n) is 17.5. The molecule has 1 saturated heterocycles. The molecule has 8 nitrogen and oxygen atoms in total. The van der Waals surface area contributed by atoms with Gasteiger partial charge >= 0.3 is 0 Å². The summed E-state index contributed by atoms with van der Waals surface area (Å²) in [6.07, 6.45) is 2.98. The third kappa shape index (κ3) is 4.70. The van der Waals surface area contributed by atoms with Crippen LogP contribution in [0.3, 0.4) is 0 Å². The zero-order chi connectivity index (χ0) is 22.5. The molecule has 0 saturated carbocycles. The van der Waals surface area contributed by atoms with Gasteiger partial charge in [-0.2, -0.15) is 0 Å². The van der Waals surface area contributed by atoms with Crippen LogP contribution in [-0.2, 0) is 4.74 Å². The summed E-state index contributed by atoms with van der Waals surface area (Å²) in [5.41, 5.74) is 1.84. The Hall–Kier alpha value is -3.91. The second-order valence-electron chi connectivity index (χ2n) is 7.19. The molecule has 0 unspecified atom stereocenters. The van der Waals surface area contributed by atoms with Crippen molar-refractivity contribution in [2.75, 3.05) is 38.3 Å². The van der Waals surface area contributed by atoms with Crippen molar-refractivity contribution in [3.05, 3.63) is 82.1 Å². The number of ketones is 1. The van der Waals surface area contributed by atoms with Crippen molar-refractivity contribution < 1.29 is 23.6 Å². The Morgan fingerprint density at radius 3 is 2.53 bits per heavy atom. The molecular weight excluding hydrogens is 412 g/mol. The van der Waals surface area contributed by atoms with Crippen molar-refractivity contribution in [2.24, 2.45) is 0 Å². The minimum absolute atomic E-state index is 0.120. The predicted octanol–water partition coefficient (Wildman–Crippen LogP) is 4.60. The number of methoxy groups -OCH3 is 1. The molecule has 0 atom stereocenters. The van der Waals surface area contributed by atoms with Crippen LogP contribution in [0.25, 0.3) is 17.4 Å². The minimum Gasteiger partial charge on any atom is -0.497 e. The lowest BCUT2D eigenvalue weighted by atomic mass is 10.1. The number of allylic oxidation sites excluding steroid dienone is 1. The number of carbonyl (C=O) groups is 1. The predicted molar refractivity (Wildman–Crippen MR) is 120 cm³/mol. The summed E-state index contributed by atoms with van der Waals surface area (Å²) in [4.78, 5) is 25.7. The highest BCUT2D eigenvalue weighted by molar-refractivity contribution is 6.06. The van der Waals surface area contributed by atoms with Gasteiger partial charge in [-0.3, -0.25) is 14.9 Å². The standard InChI is InChI=1S/C24H22N2O6/c1-30-20-6-9-21(22(16-20)26(28)29)24-11-8-19(32-24)7-10-23(27)17-2-4-18(5-3-17)25-12-14-31-15-13-25/h2-11,16H,12-15H2,1H3/b10-7-. The van der Waals surface area contributed by atoms with Crippen molar-refractivity contribution in [1.82, 2.24) is 0 Å². The topological polar surface area (TPSA) is 95.0 Å². The van der Waals surface area contributed by atoms with Gasteiger partial charge in [-0.25, -0.2) is 0 Å². The van der Waals surface area contributed by atoms with Crippen LogP contribution in [0, 0.1) is 10.1 Å². The highest BCUT2D eigenvalue weighted by Crippen LogP contribution is 2.34. The van der Waals surface area contributed by atoms with Gasteiger partial charge in [-0.05, 0) is 60.7 Å². The fourth-order valence-electron chi connectivity index (χ4n) is 3.50. The quantitative estimate of drug-likeness (QED) is 0.232. The van der Waals surface area contributed by atoms with Crippen LogP contribution in [0.1, 0.15) is 16.1 Å². The van der Waals surface area contributed by atoms with E-state index >= 15 is 0 Å². The van der Waals surface area contributed by atoms with E-state index in [1.807, 2.05) is 12.1 Å². The number of furan rings is 1. The third-order valence-corrected chi connectivity index (χ3v) is 5.22. The highest BCUT2D eigenvalue weighted by Gasteiger charge is 2.19. The number of benzene rings is 2. The molecule has 0 bridgehead atoms. The summed E-state index contributed by atoms with van der Waals surface area (Å²) in [7, 11) is 1.45. The number of nitro groups is 1. The van der Waals surface area contributed by atoms with E-state index in [-0.39, 0.29) is 11.5 Å². The fraction of sp³-hybridized carbons (Fsp3) is 0.208. The molecule has 4 rings (SSSR count). The van der Waals surface area contributed by atoms with Crippen LogP contribution in [0.2, 0.25) is 0 Å². The number of hydrogen-bond acceptors (Lipinski definition) is 7. The Labute approximate surface area is 184 Å². The molecule has 0 radical (unpaired) electrons. The maximum Gasteiger partial charge on any atom is 0.284 e. The average molecular weight is 434 g/mol. The molecule has 32 heavy (non-hydrogen) atoms. The van der Waals surface area contributed by atoms with E-state index in [1.165, 1.54) is 19.3 Å². The summed E-state index contributed by atoms with van der Waals surface area (Å²) >= 11 is 0. The van der Waals surface area contributed by atoms with E-state index in [1.54, 1.807) is 42.5 Å². The number of nitro benzene ring substituents is 1. The molecular formula is C24H22N2O6. The Balaban J connectivity index is 1.47. The lowest BCUT2D eigenvalue weighted by Crippen LogP contribution is -2.36. The summed E-state index contributed by atoms with van der Waals surface area (Å²) in [5, 5.41) is 11.4. The van der Waals surface area contributed by atoms with Gasteiger partial charge in [-0.1, -0.05) is 0 Å². The number of rotatable bonds is 7. The SMILES string of the molecule is COc1ccc(-c2ccc(/C=C\C(=O)c3ccc(N4CCOCC4)cc3)o2)c([N+](=O)[O-])c1. The number of morpholine rings is 1. The molecule has 0 aliphatic carbocycles. The van der Waals surface area contributed by atoms with E-state index in [2.05, 4.69) is 4.90 Å². The zero-order valence-corrected chi connectivity index (χ0v) is 17.5. The first-order valence-corrected chi connectivity index (χ1v) is 10.1. The third-order valence-electron chi connectivity index (χ3n) is 5.22. The van der Waals surface area contributed by atoms with E-state index in [4.69, 9.17) is 13.9 Å². The van der Waals surface area contributed by atoms with Crippen LogP contribution in [-0.4, -0.2) is 44.1 Å².